The van der Waals surface area contributed by atoms with E-state index in [9.17, 15) is 22.8 Å². The number of benzene rings is 2. The van der Waals surface area contributed by atoms with Crippen molar-refractivity contribution in [2.45, 2.75) is 22.7 Å². The first-order chi connectivity index (χ1) is 12.2. The zero-order chi connectivity index (χ0) is 18.9. The van der Waals surface area contributed by atoms with E-state index < -0.39 is 22.9 Å². The van der Waals surface area contributed by atoms with Gasteiger partial charge in [-0.15, -0.1) is 11.8 Å². The van der Waals surface area contributed by atoms with Crippen molar-refractivity contribution in [3.8, 4) is 0 Å². The maximum atomic E-state index is 12.8. The van der Waals surface area contributed by atoms with E-state index in [1.165, 1.54) is 6.07 Å². The predicted octanol–water partition coefficient (Wildman–Crippen LogP) is 4.91. The van der Waals surface area contributed by atoms with Gasteiger partial charge in [0.1, 0.15) is 0 Å². The van der Waals surface area contributed by atoms with Crippen LogP contribution < -0.4 is 10.6 Å². The summed E-state index contributed by atoms with van der Waals surface area (Å²) in [7, 11) is 0. The van der Waals surface area contributed by atoms with Gasteiger partial charge in [-0.2, -0.15) is 13.2 Å². The molecule has 1 aliphatic rings. The number of thioether (sulfide) groups is 1. The quantitative estimate of drug-likeness (QED) is 0.706. The molecule has 1 heterocycles. The van der Waals surface area contributed by atoms with E-state index in [1.54, 1.807) is 24.3 Å². The summed E-state index contributed by atoms with van der Waals surface area (Å²) in [6.45, 7) is 0. The molecule has 1 atom stereocenters. The number of fused-ring (bicyclic) bond motifs is 1. The Kier molecular flexibility index (Phi) is 5.29. The number of anilines is 2. The first kappa shape index (κ1) is 18.8. The maximum absolute atomic E-state index is 12.8. The number of carbonyl (C=O) groups is 2. The van der Waals surface area contributed by atoms with Crippen molar-refractivity contribution in [3.05, 3.63) is 52.5 Å². The normalized spacial score (nSPS) is 16.6. The van der Waals surface area contributed by atoms with Crippen LogP contribution in [-0.4, -0.2) is 17.1 Å². The first-order valence-electron chi connectivity index (χ1n) is 7.46. The van der Waals surface area contributed by atoms with Gasteiger partial charge in [-0.3, -0.25) is 9.59 Å². The number of amides is 2. The van der Waals surface area contributed by atoms with Crippen molar-refractivity contribution < 1.29 is 22.8 Å². The minimum absolute atomic E-state index is 0.0903. The summed E-state index contributed by atoms with van der Waals surface area (Å²) in [5.41, 5.74) is -0.127. The fourth-order valence-electron chi connectivity index (χ4n) is 2.37. The van der Waals surface area contributed by atoms with Crippen LogP contribution in [0.3, 0.4) is 0 Å². The molecule has 0 bridgehead atoms. The molecular weight excluding hydrogens is 433 g/mol. The van der Waals surface area contributed by atoms with Crippen LogP contribution in [0.15, 0.2) is 51.8 Å². The van der Waals surface area contributed by atoms with E-state index in [0.29, 0.717) is 10.6 Å². The van der Waals surface area contributed by atoms with Crippen molar-refractivity contribution in [2.24, 2.45) is 0 Å². The third-order valence-electron chi connectivity index (χ3n) is 3.63. The molecule has 0 fully saturated rings. The number of nitrogens with one attached hydrogen (secondary N) is 2. The van der Waals surface area contributed by atoms with Crippen molar-refractivity contribution >= 4 is 50.9 Å². The number of alkyl halides is 3. The van der Waals surface area contributed by atoms with Crippen LogP contribution in [0, 0.1) is 0 Å². The minimum Gasteiger partial charge on any atom is -0.326 e. The molecule has 1 unspecified atom stereocenters. The highest BCUT2D eigenvalue weighted by Gasteiger charge is 2.34. The number of hydrogen-bond acceptors (Lipinski definition) is 3. The standard InChI is InChI=1S/C17H12BrF3N2O2S/c18-10-2-4-11(5-3-10)22-15(24)8-14-16(25)23-12-7-9(17(19,20)21)1-6-13(12)26-14/h1-7,14H,8H2,(H,22,24)(H,23,25). The van der Waals surface area contributed by atoms with Gasteiger partial charge in [0.15, 0.2) is 0 Å². The zero-order valence-corrected chi connectivity index (χ0v) is 15.5. The van der Waals surface area contributed by atoms with Gasteiger partial charge in [0.2, 0.25) is 11.8 Å². The largest absolute Gasteiger partial charge is 0.416 e. The Hall–Kier alpha value is -2.00. The average molecular weight is 445 g/mol. The smallest absolute Gasteiger partial charge is 0.326 e. The Morgan fingerprint density at radius 1 is 1.19 bits per heavy atom. The van der Waals surface area contributed by atoms with Crippen molar-refractivity contribution in [2.75, 3.05) is 10.6 Å². The number of rotatable bonds is 3. The molecule has 2 aromatic rings. The van der Waals surface area contributed by atoms with Crippen LogP contribution in [0.1, 0.15) is 12.0 Å². The Morgan fingerprint density at radius 3 is 2.54 bits per heavy atom. The molecule has 0 saturated carbocycles. The summed E-state index contributed by atoms with van der Waals surface area (Å²) in [6.07, 6.45) is -4.57. The summed E-state index contributed by atoms with van der Waals surface area (Å²) in [4.78, 5) is 24.8. The zero-order valence-electron chi connectivity index (χ0n) is 13.1. The third-order valence-corrected chi connectivity index (χ3v) is 5.43. The second kappa shape index (κ2) is 7.32. The molecule has 2 aromatic carbocycles. The Labute approximate surface area is 159 Å². The van der Waals surface area contributed by atoms with E-state index in [2.05, 4.69) is 26.6 Å². The van der Waals surface area contributed by atoms with Gasteiger partial charge >= 0.3 is 6.18 Å². The molecule has 2 N–H and O–H groups in total. The summed E-state index contributed by atoms with van der Waals surface area (Å²) in [5.74, 6) is -0.844. The molecule has 0 saturated heterocycles. The lowest BCUT2D eigenvalue weighted by molar-refractivity contribution is -0.137. The van der Waals surface area contributed by atoms with Crippen LogP contribution in [0.2, 0.25) is 0 Å². The molecule has 0 aromatic heterocycles. The van der Waals surface area contributed by atoms with E-state index in [4.69, 9.17) is 0 Å². The summed E-state index contributed by atoms with van der Waals surface area (Å²) < 4.78 is 39.1. The molecule has 0 aliphatic carbocycles. The Bertz CT molecular complexity index is 856. The predicted molar refractivity (Wildman–Crippen MR) is 97.1 cm³/mol. The minimum atomic E-state index is -4.48. The number of carbonyl (C=O) groups excluding carboxylic acids is 2. The SMILES string of the molecule is O=C(CC1Sc2ccc(C(F)(F)F)cc2NC1=O)Nc1ccc(Br)cc1. The monoisotopic (exact) mass is 444 g/mol. The van der Waals surface area contributed by atoms with Crippen molar-refractivity contribution in [1.82, 2.24) is 0 Å². The van der Waals surface area contributed by atoms with Gasteiger partial charge in [0.25, 0.3) is 0 Å². The molecule has 4 nitrogen and oxygen atoms in total. The molecule has 9 heteroatoms. The van der Waals surface area contributed by atoms with Crippen molar-refractivity contribution in [1.29, 1.82) is 0 Å². The summed E-state index contributed by atoms with van der Waals surface area (Å²) >= 11 is 4.37. The highest BCUT2D eigenvalue weighted by molar-refractivity contribution is 9.10. The molecular formula is C17H12BrF3N2O2S. The molecule has 1 aliphatic heterocycles. The van der Waals surface area contributed by atoms with Gasteiger partial charge in [0.05, 0.1) is 16.5 Å². The third kappa shape index (κ3) is 4.39. The van der Waals surface area contributed by atoms with Crippen LogP contribution in [0.5, 0.6) is 0 Å². The van der Waals surface area contributed by atoms with E-state index in [-0.39, 0.29) is 18.0 Å². The van der Waals surface area contributed by atoms with Crippen LogP contribution in [-0.2, 0) is 15.8 Å². The van der Waals surface area contributed by atoms with Gasteiger partial charge < -0.3 is 10.6 Å². The van der Waals surface area contributed by atoms with Crippen LogP contribution in [0.4, 0.5) is 24.5 Å². The van der Waals surface area contributed by atoms with Crippen LogP contribution in [0.25, 0.3) is 0 Å². The highest BCUT2D eigenvalue weighted by atomic mass is 79.9. The van der Waals surface area contributed by atoms with E-state index in [0.717, 1.165) is 28.4 Å². The average Bonchev–Trinajstić information content (AvgIpc) is 2.56. The van der Waals surface area contributed by atoms with Gasteiger partial charge in [-0.25, -0.2) is 0 Å². The summed E-state index contributed by atoms with van der Waals surface area (Å²) in [5, 5.41) is 4.43. The van der Waals surface area contributed by atoms with Gasteiger partial charge in [-0.1, -0.05) is 15.9 Å². The highest BCUT2D eigenvalue weighted by Crippen LogP contribution is 2.40. The molecule has 26 heavy (non-hydrogen) atoms. The van der Waals surface area contributed by atoms with Crippen molar-refractivity contribution in [3.63, 3.8) is 0 Å². The Morgan fingerprint density at radius 2 is 1.88 bits per heavy atom. The lowest BCUT2D eigenvalue weighted by Gasteiger charge is -2.24. The topological polar surface area (TPSA) is 58.2 Å². The van der Waals surface area contributed by atoms with Crippen LogP contribution >= 0.6 is 27.7 Å². The number of hydrogen-bond donors (Lipinski definition) is 2. The lowest BCUT2D eigenvalue weighted by Crippen LogP contribution is -2.32. The number of halogens is 4. The molecule has 136 valence electrons. The molecule has 0 radical (unpaired) electrons. The maximum Gasteiger partial charge on any atom is 0.416 e. The van der Waals surface area contributed by atoms with E-state index in [1.807, 2.05) is 0 Å². The van der Waals surface area contributed by atoms with E-state index >= 15 is 0 Å². The second-order valence-electron chi connectivity index (χ2n) is 5.56. The second-order valence-corrected chi connectivity index (χ2v) is 7.72. The Balaban J connectivity index is 1.68. The van der Waals surface area contributed by atoms with Gasteiger partial charge in [0, 0.05) is 21.5 Å². The molecule has 0 spiro atoms. The fraction of sp³-hybridized carbons (Fsp3) is 0.176. The van der Waals surface area contributed by atoms with Gasteiger partial charge in [-0.05, 0) is 42.5 Å². The summed E-state index contributed by atoms with van der Waals surface area (Å²) in [6, 6.07) is 10.1. The lowest BCUT2D eigenvalue weighted by atomic mass is 10.1. The fourth-order valence-corrected chi connectivity index (χ4v) is 3.73. The molecule has 3 rings (SSSR count). The molecule has 2 amide bonds. The first-order valence-corrected chi connectivity index (χ1v) is 9.14.